The highest BCUT2D eigenvalue weighted by Crippen LogP contribution is 2.29. The smallest absolute Gasteiger partial charge is 0.224 e. The zero-order valence-electron chi connectivity index (χ0n) is 14.1. The van der Waals surface area contributed by atoms with Crippen LogP contribution in [0.3, 0.4) is 0 Å². The van der Waals surface area contributed by atoms with Gasteiger partial charge in [0.1, 0.15) is 0 Å². The number of hydrogen-bond acceptors (Lipinski definition) is 3. The van der Waals surface area contributed by atoms with E-state index in [2.05, 4.69) is 34.9 Å². The van der Waals surface area contributed by atoms with Gasteiger partial charge in [-0.05, 0) is 59.2 Å². The van der Waals surface area contributed by atoms with Crippen molar-refractivity contribution in [3.05, 3.63) is 17.5 Å². The molecule has 0 radical (unpaired) electrons. The van der Waals surface area contributed by atoms with Crippen LogP contribution in [0.25, 0.3) is 0 Å². The molecule has 3 heterocycles. The van der Waals surface area contributed by atoms with Crippen molar-refractivity contribution < 1.29 is 4.79 Å². The second kappa shape index (κ2) is 6.41. The Bertz CT molecular complexity index is 539. The van der Waals surface area contributed by atoms with Gasteiger partial charge in [0.05, 0.1) is 5.69 Å². The predicted octanol–water partition coefficient (Wildman–Crippen LogP) is 1.98. The number of aromatic nitrogens is 2. The van der Waals surface area contributed by atoms with Crippen LogP contribution in [-0.2, 0) is 11.3 Å². The number of rotatable bonds is 4. The minimum atomic E-state index is 0.301. The van der Waals surface area contributed by atoms with Crippen LogP contribution in [0.4, 0.5) is 0 Å². The van der Waals surface area contributed by atoms with Crippen LogP contribution in [-0.4, -0.2) is 57.7 Å². The molecule has 0 saturated carbocycles. The summed E-state index contributed by atoms with van der Waals surface area (Å²) in [5.41, 5.74) is 2.16. The molecule has 2 aliphatic rings. The maximum atomic E-state index is 12.7. The molecule has 0 unspecified atom stereocenters. The van der Waals surface area contributed by atoms with Crippen molar-refractivity contribution in [1.82, 2.24) is 19.6 Å². The highest BCUT2D eigenvalue weighted by atomic mass is 16.2. The van der Waals surface area contributed by atoms with Crippen molar-refractivity contribution in [2.24, 2.45) is 0 Å². The highest BCUT2D eigenvalue weighted by Gasteiger charge is 2.38. The van der Waals surface area contributed by atoms with Gasteiger partial charge in [0.25, 0.3) is 0 Å². The molecule has 0 spiro atoms. The second-order valence-electron chi connectivity index (χ2n) is 6.89. The number of likely N-dealkylation sites (tertiary alicyclic amines) is 2. The third kappa shape index (κ3) is 3.05. The molecule has 2 saturated heterocycles. The van der Waals surface area contributed by atoms with E-state index in [1.807, 2.05) is 11.6 Å². The molecule has 1 amide bonds. The summed E-state index contributed by atoms with van der Waals surface area (Å²) >= 11 is 0. The lowest BCUT2D eigenvalue weighted by molar-refractivity contribution is -0.133. The van der Waals surface area contributed by atoms with E-state index in [1.54, 1.807) is 0 Å². The van der Waals surface area contributed by atoms with Crippen LogP contribution in [0.5, 0.6) is 0 Å². The van der Waals surface area contributed by atoms with E-state index >= 15 is 0 Å². The summed E-state index contributed by atoms with van der Waals surface area (Å²) in [6.07, 6.45) is 5.39. The molecule has 0 aromatic carbocycles. The number of carbonyl (C=O) groups excluding carboxylic acids is 1. The van der Waals surface area contributed by atoms with Crippen molar-refractivity contribution in [3.8, 4) is 0 Å². The van der Waals surface area contributed by atoms with Crippen molar-refractivity contribution >= 4 is 5.91 Å². The molecule has 22 heavy (non-hydrogen) atoms. The van der Waals surface area contributed by atoms with Gasteiger partial charge in [-0.2, -0.15) is 5.10 Å². The van der Waals surface area contributed by atoms with Crippen LogP contribution in [0.2, 0.25) is 0 Å². The van der Waals surface area contributed by atoms with Gasteiger partial charge in [0, 0.05) is 37.3 Å². The molecule has 2 fully saturated rings. The molecule has 5 heteroatoms. The first kappa shape index (κ1) is 15.5. The Morgan fingerprint density at radius 3 is 2.59 bits per heavy atom. The predicted molar refractivity (Wildman–Crippen MR) is 86.7 cm³/mol. The van der Waals surface area contributed by atoms with Gasteiger partial charge in [0.15, 0.2) is 0 Å². The molecule has 1 aromatic heterocycles. The first-order valence-corrected chi connectivity index (χ1v) is 8.57. The Labute approximate surface area is 133 Å². The van der Waals surface area contributed by atoms with Crippen molar-refractivity contribution in [1.29, 1.82) is 0 Å². The molecule has 2 aliphatic heterocycles. The van der Waals surface area contributed by atoms with Gasteiger partial charge in [-0.3, -0.25) is 9.48 Å². The topological polar surface area (TPSA) is 41.4 Å². The zero-order chi connectivity index (χ0) is 15.7. The average Bonchev–Trinajstić information content (AvgIpc) is 3.16. The molecule has 3 rings (SSSR count). The van der Waals surface area contributed by atoms with Gasteiger partial charge in [-0.15, -0.1) is 0 Å². The molecule has 5 nitrogen and oxygen atoms in total. The monoisotopic (exact) mass is 304 g/mol. The minimum Gasteiger partial charge on any atom is -0.338 e. The zero-order valence-corrected chi connectivity index (χ0v) is 14.1. The van der Waals surface area contributed by atoms with E-state index in [9.17, 15) is 4.79 Å². The van der Waals surface area contributed by atoms with Crippen LogP contribution in [0.1, 0.15) is 43.5 Å². The summed E-state index contributed by atoms with van der Waals surface area (Å²) in [7, 11) is 2.20. The Kier molecular flexibility index (Phi) is 4.52. The van der Waals surface area contributed by atoms with E-state index in [0.717, 1.165) is 24.4 Å². The molecular weight excluding hydrogens is 276 g/mol. The number of aryl methyl sites for hydroxylation is 3. The van der Waals surface area contributed by atoms with Gasteiger partial charge in [-0.1, -0.05) is 0 Å². The SMILES string of the molecule is Cc1cc(C)n(CCC(=O)N2CCC[C@@H]2[C@@H]2CCCN2C)n1. The summed E-state index contributed by atoms with van der Waals surface area (Å²) < 4.78 is 1.96. The van der Waals surface area contributed by atoms with Gasteiger partial charge in [0.2, 0.25) is 5.91 Å². The van der Waals surface area contributed by atoms with Crippen LogP contribution >= 0.6 is 0 Å². The van der Waals surface area contributed by atoms with E-state index in [4.69, 9.17) is 0 Å². The van der Waals surface area contributed by atoms with Crippen molar-refractivity contribution in [2.75, 3.05) is 20.1 Å². The maximum Gasteiger partial charge on any atom is 0.224 e. The number of likely N-dealkylation sites (N-methyl/N-ethyl adjacent to an activating group) is 1. The molecule has 2 atom stereocenters. The van der Waals surface area contributed by atoms with Crippen LogP contribution < -0.4 is 0 Å². The first-order chi connectivity index (χ1) is 10.6. The Balaban J connectivity index is 1.60. The van der Waals surface area contributed by atoms with E-state index in [-0.39, 0.29) is 0 Å². The lowest BCUT2D eigenvalue weighted by atomic mass is 10.0. The Morgan fingerprint density at radius 1 is 1.23 bits per heavy atom. The van der Waals surface area contributed by atoms with Gasteiger partial charge < -0.3 is 9.80 Å². The summed E-state index contributed by atoms with van der Waals surface area (Å²) in [6, 6.07) is 3.07. The highest BCUT2D eigenvalue weighted by molar-refractivity contribution is 5.76. The molecule has 1 aromatic rings. The summed E-state index contributed by atoms with van der Waals surface area (Å²) in [5, 5.41) is 4.46. The Morgan fingerprint density at radius 2 is 1.95 bits per heavy atom. The van der Waals surface area contributed by atoms with Crippen LogP contribution in [0.15, 0.2) is 6.07 Å². The lowest BCUT2D eigenvalue weighted by Gasteiger charge is -2.33. The van der Waals surface area contributed by atoms with E-state index < -0.39 is 0 Å². The largest absolute Gasteiger partial charge is 0.338 e. The fourth-order valence-electron chi connectivity index (χ4n) is 4.17. The molecule has 0 bridgehead atoms. The fraction of sp³-hybridized carbons (Fsp3) is 0.765. The average molecular weight is 304 g/mol. The normalized spacial score (nSPS) is 26.0. The van der Waals surface area contributed by atoms with Gasteiger partial charge in [-0.25, -0.2) is 0 Å². The number of amides is 1. The van der Waals surface area contributed by atoms with Crippen molar-refractivity contribution in [2.45, 2.75) is 64.6 Å². The number of nitrogens with zero attached hydrogens (tertiary/aromatic N) is 4. The van der Waals surface area contributed by atoms with Gasteiger partial charge >= 0.3 is 0 Å². The first-order valence-electron chi connectivity index (χ1n) is 8.57. The maximum absolute atomic E-state index is 12.7. The minimum absolute atomic E-state index is 0.301. The fourth-order valence-corrected chi connectivity index (χ4v) is 4.17. The summed E-state index contributed by atoms with van der Waals surface area (Å²) in [5.74, 6) is 0.301. The summed E-state index contributed by atoms with van der Waals surface area (Å²) in [4.78, 5) is 17.3. The van der Waals surface area contributed by atoms with Crippen LogP contribution in [0, 0.1) is 13.8 Å². The van der Waals surface area contributed by atoms with Crippen molar-refractivity contribution in [3.63, 3.8) is 0 Å². The molecule has 122 valence electrons. The summed E-state index contributed by atoms with van der Waals surface area (Å²) in [6.45, 7) is 6.86. The van der Waals surface area contributed by atoms with E-state index in [1.165, 1.54) is 25.8 Å². The molecular formula is C17H28N4O. The quantitative estimate of drug-likeness (QED) is 0.854. The second-order valence-corrected chi connectivity index (χ2v) is 6.89. The standard InChI is InChI=1S/C17H28N4O/c1-13-12-14(2)21(18-13)11-8-17(22)20-10-5-7-16(20)15-6-4-9-19(15)3/h12,15-16H,4-11H2,1-3H3/t15-,16+/m0/s1. The third-order valence-electron chi connectivity index (χ3n) is 5.28. The lowest BCUT2D eigenvalue weighted by Crippen LogP contribution is -2.47. The Hall–Kier alpha value is -1.36. The number of hydrogen-bond donors (Lipinski definition) is 0. The third-order valence-corrected chi connectivity index (χ3v) is 5.28. The number of carbonyl (C=O) groups is 1. The molecule has 0 aliphatic carbocycles. The van der Waals surface area contributed by atoms with E-state index in [0.29, 0.717) is 31.0 Å². The molecule has 0 N–H and O–H groups in total.